The standard InChI is InChI=1S/C7H7F3/c1-5-2-3-7(9,10)4-6(5)8/h2-3H,4H2,1H3. The van der Waals surface area contributed by atoms with Crippen LogP contribution in [0, 0.1) is 0 Å². The molecule has 0 atom stereocenters. The molecule has 10 heavy (non-hydrogen) atoms. The molecule has 3 heteroatoms. The van der Waals surface area contributed by atoms with Crippen molar-refractivity contribution in [3.05, 3.63) is 23.6 Å². The van der Waals surface area contributed by atoms with Gasteiger partial charge in [0.1, 0.15) is 5.83 Å². The van der Waals surface area contributed by atoms with Gasteiger partial charge in [-0.25, -0.2) is 13.2 Å². The predicted octanol–water partition coefficient (Wildman–Crippen LogP) is 2.83. The SMILES string of the molecule is CC1=C(F)CC(F)(F)C=C1. The molecule has 0 spiro atoms. The summed E-state index contributed by atoms with van der Waals surface area (Å²) in [7, 11) is 0. The van der Waals surface area contributed by atoms with Crippen LogP contribution in [0.5, 0.6) is 0 Å². The molecule has 0 nitrogen and oxygen atoms in total. The van der Waals surface area contributed by atoms with Gasteiger partial charge in [0.25, 0.3) is 5.92 Å². The van der Waals surface area contributed by atoms with Crippen LogP contribution in [0.15, 0.2) is 23.6 Å². The van der Waals surface area contributed by atoms with Crippen molar-refractivity contribution in [3.8, 4) is 0 Å². The van der Waals surface area contributed by atoms with E-state index in [0.717, 1.165) is 12.2 Å². The number of halogens is 3. The van der Waals surface area contributed by atoms with Gasteiger partial charge < -0.3 is 0 Å². The van der Waals surface area contributed by atoms with Crippen molar-refractivity contribution in [2.75, 3.05) is 0 Å². The highest BCUT2D eigenvalue weighted by atomic mass is 19.3. The first-order chi connectivity index (χ1) is 4.51. The van der Waals surface area contributed by atoms with Gasteiger partial charge in [0.2, 0.25) is 0 Å². The lowest BCUT2D eigenvalue weighted by atomic mass is 10.0. The Hall–Kier alpha value is -0.730. The van der Waals surface area contributed by atoms with Crippen molar-refractivity contribution in [3.63, 3.8) is 0 Å². The Labute approximate surface area is 57.0 Å². The molecule has 0 aromatic carbocycles. The molecule has 0 heterocycles. The summed E-state index contributed by atoms with van der Waals surface area (Å²) in [5.74, 6) is -3.70. The Morgan fingerprint density at radius 2 is 2.10 bits per heavy atom. The highest BCUT2D eigenvalue weighted by Gasteiger charge is 2.30. The van der Waals surface area contributed by atoms with Gasteiger partial charge in [0.15, 0.2) is 0 Å². The molecule has 1 aliphatic rings. The molecule has 1 rings (SSSR count). The van der Waals surface area contributed by atoms with Crippen molar-refractivity contribution >= 4 is 0 Å². The summed E-state index contributed by atoms with van der Waals surface area (Å²) in [5.41, 5.74) is 0.297. The molecule has 0 saturated carbocycles. The van der Waals surface area contributed by atoms with Crippen molar-refractivity contribution < 1.29 is 13.2 Å². The molecule has 0 aromatic rings. The summed E-state index contributed by atoms with van der Waals surface area (Å²) in [4.78, 5) is 0. The molecule has 1 aliphatic carbocycles. The van der Waals surface area contributed by atoms with Gasteiger partial charge >= 0.3 is 0 Å². The van der Waals surface area contributed by atoms with E-state index in [1.54, 1.807) is 0 Å². The Morgan fingerprint density at radius 1 is 1.50 bits per heavy atom. The molecule has 0 aromatic heterocycles. The lowest BCUT2D eigenvalue weighted by Crippen LogP contribution is -2.15. The minimum Gasteiger partial charge on any atom is -0.211 e. The van der Waals surface area contributed by atoms with E-state index in [2.05, 4.69) is 0 Å². The summed E-state index contributed by atoms with van der Waals surface area (Å²) in [6.07, 6.45) is 1.06. The molecular weight excluding hydrogens is 141 g/mol. The van der Waals surface area contributed by atoms with Gasteiger partial charge in [-0.3, -0.25) is 0 Å². The Kier molecular flexibility index (Phi) is 1.58. The van der Waals surface area contributed by atoms with Gasteiger partial charge in [0.05, 0.1) is 6.42 Å². The number of hydrogen-bond donors (Lipinski definition) is 0. The van der Waals surface area contributed by atoms with E-state index in [-0.39, 0.29) is 0 Å². The minimum atomic E-state index is -2.98. The largest absolute Gasteiger partial charge is 0.273 e. The van der Waals surface area contributed by atoms with Gasteiger partial charge in [-0.2, -0.15) is 0 Å². The first-order valence-corrected chi connectivity index (χ1v) is 2.93. The Balaban J connectivity index is 2.85. The van der Waals surface area contributed by atoms with Crippen LogP contribution in [-0.2, 0) is 0 Å². The van der Waals surface area contributed by atoms with Crippen molar-refractivity contribution in [1.82, 2.24) is 0 Å². The quantitative estimate of drug-likeness (QED) is 0.495. The maximum Gasteiger partial charge on any atom is 0.273 e. The lowest BCUT2D eigenvalue weighted by molar-refractivity contribution is 0.0477. The first-order valence-electron chi connectivity index (χ1n) is 2.93. The van der Waals surface area contributed by atoms with Crippen LogP contribution in [0.3, 0.4) is 0 Å². The number of rotatable bonds is 0. The monoisotopic (exact) mass is 148 g/mol. The van der Waals surface area contributed by atoms with E-state index >= 15 is 0 Å². The van der Waals surface area contributed by atoms with E-state index in [1.165, 1.54) is 6.92 Å². The highest BCUT2D eigenvalue weighted by Crippen LogP contribution is 2.31. The fourth-order valence-corrected chi connectivity index (χ4v) is 0.743. The second-order valence-corrected chi connectivity index (χ2v) is 2.36. The van der Waals surface area contributed by atoms with Crippen molar-refractivity contribution in [2.45, 2.75) is 19.3 Å². The van der Waals surface area contributed by atoms with Crippen molar-refractivity contribution in [1.29, 1.82) is 0 Å². The third kappa shape index (κ3) is 1.40. The van der Waals surface area contributed by atoms with E-state index < -0.39 is 18.2 Å². The van der Waals surface area contributed by atoms with Crippen LogP contribution >= 0.6 is 0 Å². The van der Waals surface area contributed by atoms with E-state index in [9.17, 15) is 13.2 Å². The summed E-state index contributed by atoms with van der Waals surface area (Å²) < 4.78 is 37.0. The van der Waals surface area contributed by atoms with Crippen molar-refractivity contribution in [2.24, 2.45) is 0 Å². The maximum absolute atomic E-state index is 12.4. The molecule has 56 valence electrons. The van der Waals surface area contributed by atoms with Crippen LogP contribution in [0.1, 0.15) is 13.3 Å². The van der Waals surface area contributed by atoms with Gasteiger partial charge in [-0.05, 0) is 18.6 Å². The fraction of sp³-hybridized carbons (Fsp3) is 0.429. The zero-order valence-corrected chi connectivity index (χ0v) is 5.50. The molecule has 0 N–H and O–H groups in total. The highest BCUT2D eigenvalue weighted by molar-refractivity contribution is 5.27. The molecule has 0 amide bonds. The summed E-state index contributed by atoms with van der Waals surface area (Å²) in [6, 6.07) is 0. The van der Waals surface area contributed by atoms with Gasteiger partial charge in [0, 0.05) is 0 Å². The summed E-state index contributed by atoms with van der Waals surface area (Å²) in [6.45, 7) is 1.47. The van der Waals surface area contributed by atoms with Crippen LogP contribution in [-0.4, -0.2) is 5.92 Å². The lowest BCUT2D eigenvalue weighted by Gasteiger charge is -2.14. The third-order valence-corrected chi connectivity index (χ3v) is 1.40. The predicted molar refractivity (Wildman–Crippen MR) is 32.5 cm³/mol. The van der Waals surface area contributed by atoms with Gasteiger partial charge in [-0.1, -0.05) is 6.08 Å². The van der Waals surface area contributed by atoms with E-state index in [0.29, 0.717) is 5.57 Å². The third-order valence-electron chi connectivity index (χ3n) is 1.40. The Bertz CT molecular complexity index is 201. The van der Waals surface area contributed by atoms with Crippen LogP contribution < -0.4 is 0 Å². The maximum atomic E-state index is 12.4. The second-order valence-electron chi connectivity index (χ2n) is 2.36. The van der Waals surface area contributed by atoms with Crippen LogP contribution in [0.4, 0.5) is 13.2 Å². The topological polar surface area (TPSA) is 0 Å². The molecular formula is C7H7F3. The zero-order valence-electron chi connectivity index (χ0n) is 5.50. The molecule has 0 bridgehead atoms. The summed E-state index contributed by atoms with van der Waals surface area (Å²) >= 11 is 0. The van der Waals surface area contributed by atoms with E-state index in [4.69, 9.17) is 0 Å². The second kappa shape index (κ2) is 2.15. The van der Waals surface area contributed by atoms with Crippen LogP contribution in [0.25, 0.3) is 0 Å². The molecule has 0 unspecified atom stereocenters. The fourth-order valence-electron chi connectivity index (χ4n) is 0.743. The average Bonchev–Trinajstić information content (AvgIpc) is 1.79. The number of allylic oxidation sites excluding steroid dienone is 4. The first kappa shape index (κ1) is 7.38. The molecule has 0 saturated heterocycles. The van der Waals surface area contributed by atoms with E-state index in [1.807, 2.05) is 0 Å². The minimum absolute atomic E-state index is 0.297. The summed E-state index contributed by atoms with van der Waals surface area (Å²) in [5, 5.41) is 0. The molecule has 0 fully saturated rings. The normalized spacial score (nSPS) is 23.6. The van der Waals surface area contributed by atoms with Gasteiger partial charge in [-0.15, -0.1) is 0 Å². The zero-order chi connectivity index (χ0) is 7.78. The molecule has 0 radical (unpaired) electrons. The Morgan fingerprint density at radius 3 is 2.50 bits per heavy atom. The number of alkyl halides is 2. The number of hydrogen-bond acceptors (Lipinski definition) is 0. The smallest absolute Gasteiger partial charge is 0.211 e. The average molecular weight is 148 g/mol. The van der Waals surface area contributed by atoms with Crippen LogP contribution in [0.2, 0.25) is 0 Å². The molecule has 0 aliphatic heterocycles.